The summed E-state index contributed by atoms with van der Waals surface area (Å²) in [6.45, 7) is 3.24. The Morgan fingerprint density at radius 3 is 2.74 bits per heavy atom. The Hall–Kier alpha value is -3.00. The molecule has 0 spiro atoms. The number of carbonyl (C=O) groups excluding carboxylic acids is 1. The third-order valence-corrected chi connectivity index (χ3v) is 3.89. The minimum atomic E-state index is -0.608. The molecule has 0 fully saturated rings. The fourth-order valence-corrected chi connectivity index (χ4v) is 2.88. The number of fused-ring (bicyclic) bond motifs is 1. The van der Waals surface area contributed by atoms with Gasteiger partial charge in [0.2, 0.25) is 5.91 Å². The Balaban J connectivity index is 2.26. The zero-order valence-corrected chi connectivity index (χ0v) is 15.3. The number of aromatic nitrogens is 3. The number of aromatic hydroxyl groups is 1. The highest BCUT2D eigenvalue weighted by molar-refractivity contribution is 6.30. The molecule has 3 aromatic rings. The van der Waals surface area contributed by atoms with Crippen molar-refractivity contribution in [3.8, 4) is 17.1 Å². The molecule has 2 aromatic heterocycles. The highest BCUT2D eigenvalue weighted by atomic mass is 35.5. The average molecular weight is 391 g/mol. The summed E-state index contributed by atoms with van der Waals surface area (Å²) < 4.78 is 14.9. The number of halogens is 2. The van der Waals surface area contributed by atoms with Crippen LogP contribution >= 0.6 is 11.6 Å². The van der Waals surface area contributed by atoms with Gasteiger partial charge in [-0.15, -0.1) is 0 Å². The van der Waals surface area contributed by atoms with Crippen LogP contribution in [0.15, 0.2) is 35.3 Å². The van der Waals surface area contributed by atoms with Crippen LogP contribution in [0.2, 0.25) is 5.02 Å². The van der Waals surface area contributed by atoms with Gasteiger partial charge in [0.15, 0.2) is 5.65 Å². The third-order valence-electron chi connectivity index (χ3n) is 3.67. The molecule has 2 N–H and O–H groups in total. The molecule has 0 atom stereocenters. The molecule has 1 aromatic carbocycles. The van der Waals surface area contributed by atoms with Crippen molar-refractivity contribution in [2.45, 2.75) is 26.4 Å². The van der Waals surface area contributed by atoms with Crippen molar-refractivity contribution in [2.24, 2.45) is 0 Å². The topological polar surface area (TPSA) is 97.1 Å². The van der Waals surface area contributed by atoms with E-state index in [1.165, 1.54) is 12.1 Å². The molecule has 0 aliphatic carbocycles. The van der Waals surface area contributed by atoms with Gasteiger partial charge in [0.25, 0.3) is 5.56 Å². The van der Waals surface area contributed by atoms with Crippen molar-refractivity contribution in [3.63, 3.8) is 0 Å². The molecule has 0 saturated heterocycles. The molecule has 140 valence electrons. The lowest BCUT2D eigenvalue weighted by atomic mass is 10.2. The van der Waals surface area contributed by atoms with Crippen LogP contribution < -0.4 is 10.9 Å². The first-order valence-corrected chi connectivity index (χ1v) is 8.48. The highest BCUT2D eigenvalue weighted by Crippen LogP contribution is 2.24. The first-order chi connectivity index (χ1) is 12.7. The normalized spacial score (nSPS) is 11.1. The Bertz CT molecular complexity index is 1080. The van der Waals surface area contributed by atoms with E-state index < -0.39 is 17.3 Å². The van der Waals surface area contributed by atoms with Gasteiger partial charge in [0.05, 0.1) is 11.6 Å². The highest BCUT2D eigenvalue weighted by Gasteiger charge is 2.18. The molecule has 0 saturated carbocycles. The molecule has 2 heterocycles. The summed E-state index contributed by atoms with van der Waals surface area (Å²) in [5, 5.41) is 12.5. The maximum absolute atomic E-state index is 13.8. The molecular weight excluding hydrogens is 375 g/mol. The van der Waals surface area contributed by atoms with Crippen LogP contribution in [0.5, 0.6) is 5.75 Å². The first-order valence-electron chi connectivity index (χ1n) is 8.10. The van der Waals surface area contributed by atoms with Crippen LogP contribution in [0.3, 0.4) is 0 Å². The second-order valence-corrected chi connectivity index (χ2v) is 6.71. The summed E-state index contributed by atoms with van der Waals surface area (Å²) >= 11 is 5.92. The Morgan fingerprint density at radius 2 is 2.07 bits per heavy atom. The van der Waals surface area contributed by atoms with E-state index in [2.05, 4.69) is 15.3 Å². The number of pyridine rings is 1. The van der Waals surface area contributed by atoms with E-state index in [4.69, 9.17) is 11.6 Å². The van der Waals surface area contributed by atoms with Gasteiger partial charge in [-0.3, -0.25) is 14.2 Å². The first kappa shape index (κ1) is 18.8. The summed E-state index contributed by atoms with van der Waals surface area (Å²) in [5.74, 6) is -1.18. The minimum absolute atomic E-state index is 0.0404. The van der Waals surface area contributed by atoms with Gasteiger partial charge in [-0.25, -0.2) is 14.4 Å². The fourth-order valence-electron chi connectivity index (χ4n) is 2.66. The van der Waals surface area contributed by atoms with Crippen molar-refractivity contribution in [1.82, 2.24) is 19.9 Å². The van der Waals surface area contributed by atoms with E-state index in [9.17, 15) is 19.1 Å². The number of nitrogens with one attached hydrogen (secondary N) is 1. The predicted molar refractivity (Wildman–Crippen MR) is 99.1 cm³/mol. The molecule has 0 aliphatic heterocycles. The SMILES string of the molecule is CC(C)NC(=O)Cn1c(-c2cc(F)cc(Cl)c2)nc2ncc(O)cc2c1=O. The Morgan fingerprint density at radius 1 is 1.33 bits per heavy atom. The van der Waals surface area contributed by atoms with Gasteiger partial charge in [0.1, 0.15) is 23.9 Å². The van der Waals surface area contributed by atoms with Crippen molar-refractivity contribution in [3.05, 3.63) is 51.7 Å². The molecule has 27 heavy (non-hydrogen) atoms. The smallest absolute Gasteiger partial charge is 0.263 e. The molecule has 7 nitrogen and oxygen atoms in total. The number of benzene rings is 1. The maximum Gasteiger partial charge on any atom is 0.263 e. The van der Waals surface area contributed by atoms with Crippen molar-refractivity contribution < 1.29 is 14.3 Å². The van der Waals surface area contributed by atoms with Crippen LogP contribution in [0.4, 0.5) is 4.39 Å². The molecular formula is C18H16ClFN4O3. The summed E-state index contributed by atoms with van der Waals surface area (Å²) in [5.41, 5.74) is -0.294. The maximum atomic E-state index is 13.8. The van der Waals surface area contributed by atoms with Gasteiger partial charge in [0, 0.05) is 16.6 Å². The lowest BCUT2D eigenvalue weighted by Crippen LogP contribution is -2.37. The van der Waals surface area contributed by atoms with E-state index >= 15 is 0 Å². The molecule has 0 bridgehead atoms. The van der Waals surface area contributed by atoms with Gasteiger partial charge < -0.3 is 10.4 Å². The Kier molecular flexibility index (Phi) is 5.09. The van der Waals surface area contributed by atoms with Crippen molar-refractivity contribution in [1.29, 1.82) is 0 Å². The largest absolute Gasteiger partial charge is 0.506 e. The van der Waals surface area contributed by atoms with E-state index in [0.29, 0.717) is 0 Å². The summed E-state index contributed by atoms with van der Waals surface area (Å²) in [7, 11) is 0. The van der Waals surface area contributed by atoms with Gasteiger partial charge in [-0.05, 0) is 38.1 Å². The zero-order chi connectivity index (χ0) is 19.7. The fraction of sp³-hybridized carbons (Fsp3) is 0.222. The summed E-state index contributed by atoms with van der Waals surface area (Å²) in [6, 6.07) is 4.82. The average Bonchev–Trinajstić information content (AvgIpc) is 2.56. The second kappa shape index (κ2) is 7.32. The number of amides is 1. The van der Waals surface area contributed by atoms with Gasteiger partial charge in [-0.1, -0.05) is 11.6 Å². The number of hydrogen-bond donors (Lipinski definition) is 2. The molecule has 0 radical (unpaired) electrons. The number of carbonyl (C=O) groups is 1. The zero-order valence-electron chi connectivity index (χ0n) is 14.5. The third kappa shape index (κ3) is 4.06. The molecule has 9 heteroatoms. The monoisotopic (exact) mass is 390 g/mol. The predicted octanol–water partition coefficient (Wildman–Crippen LogP) is 2.48. The van der Waals surface area contributed by atoms with Crippen LogP contribution in [-0.4, -0.2) is 31.6 Å². The lowest BCUT2D eigenvalue weighted by Gasteiger charge is -2.15. The van der Waals surface area contributed by atoms with Gasteiger partial charge >= 0.3 is 0 Å². The van der Waals surface area contributed by atoms with Crippen LogP contribution in [0.1, 0.15) is 13.8 Å². The molecule has 0 aliphatic rings. The standard InChI is InChI=1S/C18H16ClFN4O3/c1-9(2)22-15(26)8-24-17(10-3-11(19)5-12(20)4-10)23-16-14(18(24)27)6-13(25)7-21-16/h3-7,9,25H,8H2,1-2H3,(H,22,26). The number of nitrogens with zero attached hydrogens (tertiary/aromatic N) is 3. The summed E-state index contributed by atoms with van der Waals surface area (Å²) in [4.78, 5) is 33.4. The molecule has 3 rings (SSSR count). The lowest BCUT2D eigenvalue weighted by molar-refractivity contribution is -0.122. The van der Waals surface area contributed by atoms with Gasteiger partial charge in [-0.2, -0.15) is 0 Å². The summed E-state index contributed by atoms with van der Waals surface area (Å²) in [6.07, 6.45) is 1.15. The molecule has 1 amide bonds. The van der Waals surface area contributed by atoms with E-state index in [1.807, 2.05) is 0 Å². The van der Waals surface area contributed by atoms with Crippen LogP contribution in [-0.2, 0) is 11.3 Å². The van der Waals surface area contributed by atoms with E-state index in [-0.39, 0.29) is 45.8 Å². The van der Waals surface area contributed by atoms with Crippen LogP contribution in [0, 0.1) is 5.82 Å². The van der Waals surface area contributed by atoms with E-state index in [0.717, 1.165) is 22.9 Å². The number of rotatable bonds is 4. The number of hydrogen-bond acceptors (Lipinski definition) is 5. The van der Waals surface area contributed by atoms with E-state index in [1.54, 1.807) is 13.8 Å². The Labute approximate surface area is 158 Å². The van der Waals surface area contributed by atoms with Crippen molar-refractivity contribution in [2.75, 3.05) is 0 Å². The molecule has 0 unspecified atom stereocenters. The minimum Gasteiger partial charge on any atom is -0.506 e. The van der Waals surface area contributed by atoms with Crippen LogP contribution in [0.25, 0.3) is 22.4 Å². The van der Waals surface area contributed by atoms with Crippen molar-refractivity contribution >= 4 is 28.5 Å². The quantitative estimate of drug-likeness (QED) is 0.713. The second-order valence-electron chi connectivity index (χ2n) is 6.27.